The highest BCUT2D eigenvalue weighted by molar-refractivity contribution is 5.94. The van der Waals surface area contributed by atoms with Gasteiger partial charge in [-0.2, -0.15) is 0 Å². The number of halogens is 2. The quantitative estimate of drug-likeness (QED) is 0.326. The molecule has 1 aliphatic heterocycles. The van der Waals surface area contributed by atoms with Crippen LogP contribution in [0.2, 0.25) is 0 Å². The van der Waals surface area contributed by atoms with Crippen LogP contribution in [0.5, 0.6) is 0 Å². The minimum Gasteiger partial charge on any atom is -0.350 e. The van der Waals surface area contributed by atoms with Crippen molar-refractivity contribution in [2.45, 2.75) is 52.4 Å². The number of amides is 1. The molecule has 1 aliphatic rings. The van der Waals surface area contributed by atoms with Gasteiger partial charge in [-0.05, 0) is 57.9 Å². The maximum absolute atomic E-state index is 14.9. The first-order valence-corrected chi connectivity index (χ1v) is 12.3. The third-order valence-corrected chi connectivity index (χ3v) is 6.14. The first kappa shape index (κ1) is 25.6. The van der Waals surface area contributed by atoms with Gasteiger partial charge in [0.1, 0.15) is 22.9 Å². The normalized spacial score (nSPS) is 15.7. The van der Waals surface area contributed by atoms with Gasteiger partial charge in [0.05, 0.1) is 11.7 Å². The number of anilines is 2. The predicted molar refractivity (Wildman–Crippen MR) is 135 cm³/mol. The van der Waals surface area contributed by atoms with Gasteiger partial charge < -0.3 is 14.6 Å². The molecule has 0 radical (unpaired) electrons. The zero-order chi connectivity index (χ0) is 26.8. The molecule has 4 heterocycles. The summed E-state index contributed by atoms with van der Waals surface area (Å²) in [4.78, 5) is 34.6. The first-order chi connectivity index (χ1) is 18.3. The summed E-state index contributed by atoms with van der Waals surface area (Å²) in [5.74, 6) is -0.848. The summed E-state index contributed by atoms with van der Waals surface area (Å²) >= 11 is 0. The molecule has 0 spiro atoms. The van der Waals surface area contributed by atoms with E-state index in [2.05, 4.69) is 30.7 Å². The number of aromatic nitrogens is 5. The number of aryl methyl sites for hydroxylation is 1. The summed E-state index contributed by atoms with van der Waals surface area (Å²) in [5, 5.41) is 2.87. The molecule has 38 heavy (non-hydrogen) atoms. The minimum atomic E-state index is -0.718. The maximum Gasteiger partial charge on any atom is 0.275 e. The van der Waals surface area contributed by atoms with Crippen LogP contribution in [0.1, 0.15) is 55.3 Å². The van der Waals surface area contributed by atoms with E-state index in [4.69, 9.17) is 9.57 Å². The van der Waals surface area contributed by atoms with Gasteiger partial charge in [-0.3, -0.25) is 4.79 Å². The number of hydroxylamine groups is 1. The predicted octanol–water partition coefficient (Wildman–Crippen LogP) is 4.99. The number of rotatable bonds is 7. The van der Waals surface area contributed by atoms with Crippen LogP contribution >= 0.6 is 0 Å². The summed E-state index contributed by atoms with van der Waals surface area (Å²) in [6, 6.07) is 5.88. The Bertz CT molecular complexity index is 1490. The van der Waals surface area contributed by atoms with E-state index in [1.165, 1.54) is 24.4 Å². The molecule has 2 N–H and O–H groups in total. The fourth-order valence-corrected chi connectivity index (χ4v) is 4.42. The Morgan fingerprint density at radius 2 is 2.00 bits per heavy atom. The zero-order valence-corrected chi connectivity index (χ0v) is 21.2. The van der Waals surface area contributed by atoms with Crippen LogP contribution in [0.25, 0.3) is 22.3 Å². The van der Waals surface area contributed by atoms with Gasteiger partial charge in [0.15, 0.2) is 17.9 Å². The van der Waals surface area contributed by atoms with Crippen LogP contribution in [0.15, 0.2) is 36.7 Å². The van der Waals surface area contributed by atoms with Crippen LogP contribution in [0.4, 0.5) is 20.5 Å². The Morgan fingerprint density at radius 3 is 2.76 bits per heavy atom. The molecule has 1 atom stereocenters. The second kappa shape index (κ2) is 10.8. The molecule has 4 aromatic rings. The van der Waals surface area contributed by atoms with Gasteiger partial charge in [0.25, 0.3) is 5.91 Å². The van der Waals surface area contributed by atoms with Crippen LogP contribution in [0, 0.1) is 18.6 Å². The lowest BCUT2D eigenvalue weighted by molar-refractivity contribution is -0.186. The molecule has 0 bridgehead atoms. The van der Waals surface area contributed by atoms with E-state index in [1.807, 2.05) is 18.4 Å². The molecule has 0 saturated carbocycles. The lowest BCUT2D eigenvalue weighted by Crippen LogP contribution is -2.33. The van der Waals surface area contributed by atoms with Crippen LogP contribution in [0.3, 0.4) is 0 Å². The number of fused-ring (bicyclic) bond motifs is 1. The second-order valence-corrected chi connectivity index (χ2v) is 9.24. The number of carbonyl (C=O) groups is 1. The van der Waals surface area contributed by atoms with Crippen molar-refractivity contribution in [1.29, 1.82) is 0 Å². The second-order valence-electron chi connectivity index (χ2n) is 9.24. The van der Waals surface area contributed by atoms with Gasteiger partial charge in [-0.15, -0.1) is 0 Å². The summed E-state index contributed by atoms with van der Waals surface area (Å²) in [6.45, 7) is 6.31. The topological polar surface area (TPSA) is 116 Å². The largest absolute Gasteiger partial charge is 0.350 e. The molecule has 198 valence electrons. The van der Waals surface area contributed by atoms with Crippen molar-refractivity contribution < 1.29 is 23.1 Å². The molecule has 12 heteroatoms. The summed E-state index contributed by atoms with van der Waals surface area (Å²) in [7, 11) is 0. The highest BCUT2D eigenvalue weighted by Gasteiger charge is 2.19. The molecule has 5 rings (SSSR count). The van der Waals surface area contributed by atoms with Crippen LogP contribution in [-0.2, 0) is 9.57 Å². The van der Waals surface area contributed by atoms with Crippen molar-refractivity contribution in [2.24, 2.45) is 0 Å². The standard InChI is InChI=1S/C26H27F2N7O3/c1-14(2)35-15(3)31-24-18(27)10-17(11-20(24)35)23-19(28)13-30-26(33-23)32-21-12-16(7-8-29-21)25(36)34-38-22-6-4-5-9-37-22/h7-8,10-14,22H,4-6,9H2,1-3H3,(H,34,36)(H,29,30,32,33). The van der Waals surface area contributed by atoms with Crippen molar-refractivity contribution in [1.82, 2.24) is 30.0 Å². The number of hydrogen-bond acceptors (Lipinski definition) is 8. The number of benzene rings is 1. The van der Waals surface area contributed by atoms with Gasteiger partial charge in [-0.25, -0.2) is 39.0 Å². The summed E-state index contributed by atoms with van der Waals surface area (Å²) < 4.78 is 37.1. The van der Waals surface area contributed by atoms with Gasteiger partial charge >= 0.3 is 0 Å². The third kappa shape index (κ3) is 5.31. The number of nitrogens with one attached hydrogen (secondary N) is 2. The van der Waals surface area contributed by atoms with E-state index in [1.54, 1.807) is 13.0 Å². The SMILES string of the molecule is Cc1nc2c(F)cc(-c3nc(Nc4cc(C(=O)NOC5CCCCO5)ccn4)ncc3F)cc2n1C(C)C. The summed E-state index contributed by atoms with van der Waals surface area (Å²) in [6.07, 6.45) is 4.57. The van der Waals surface area contributed by atoms with Gasteiger partial charge in [0, 0.05) is 36.4 Å². The Hall–Kier alpha value is -4.03. The smallest absolute Gasteiger partial charge is 0.275 e. The molecular formula is C26H27F2N7O3. The van der Waals surface area contributed by atoms with Crippen molar-refractivity contribution in [3.63, 3.8) is 0 Å². The Labute approximate surface area is 217 Å². The molecule has 1 amide bonds. The molecular weight excluding hydrogens is 496 g/mol. The zero-order valence-electron chi connectivity index (χ0n) is 21.2. The molecule has 1 unspecified atom stereocenters. The molecule has 1 saturated heterocycles. The average Bonchev–Trinajstić information content (AvgIpc) is 3.25. The number of ether oxygens (including phenoxy) is 1. The van der Waals surface area contributed by atoms with Crippen molar-refractivity contribution in [3.8, 4) is 11.3 Å². The summed E-state index contributed by atoms with van der Waals surface area (Å²) in [5.41, 5.74) is 3.56. The van der Waals surface area contributed by atoms with E-state index in [-0.39, 0.29) is 40.1 Å². The minimum absolute atomic E-state index is 0.0207. The monoisotopic (exact) mass is 523 g/mol. The van der Waals surface area contributed by atoms with Crippen LogP contribution < -0.4 is 10.8 Å². The van der Waals surface area contributed by atoms with Crippen molar-refractivity contribution in [3.05, 3.63) is 59.7 Å². The molecule has 3 aromatic heterocycles. The Kier molecular flexibility index (Phi) is 7.25. The Balaban J connectivity index is 1.38. The van der Waals surface area contributed by atoms with E-state index in [9.17, 15) is 13.6 Å². The highest BCUT2D eigenvalue weighted by Crippen LogP contribution is 2.30. The molecule has 1 fully saturated rings. The number of nitrogens with zero attached hydrogens (tertiary/aromatic N) is 5. The average molecular weight is 524 g/mol. The first-order valence-electron chi connectivity index (χ1n) is 12.3. The third-order valence-electron chi connectivity index (χ3n) is 6.14. The van der Waals surface area contributed by atoms with Gasteiger partial charge in [0.2, 0.25) is 5.95 Å². The van der Waals surface area contributed by atoms with E-state index < -0.39 is 23.8 Å². The van der Waals surface area contributed by atoms with E-state index >= 15 is 0 Å². The fourth-order valence-electron chi connectivity index (χ4n) is 4.42. The van der Waals surface area contributed by atoms with Crippen molar-refractivity contribution >= 4 is 28.7 Å². The van der Waals surface area contributed by atoms with Crippen molar-refractivity contribution in [2.75, 3.05) is 11.9 Å². The highest BCUT2D eigenvalue weighted by atomic mass is 19.1. The fraction of sp³-hybridized carbons (Fsp3) is 0.346. The lowest BCUT2D eigenvalue weighted by atomic mass is 10.1. The molecule has 0 aliphatic carbocycles. The molecule has 1 aromatic carbocycles. The van der Waals surface area contributed by atoms with E-state index in [0.29, 0.717) is 24.4 Å². The Morgan fingerprint density at radius 1 is 1.16 bits per heavy atom. The van der Waals surface area contributed by atoms with Crippen LogP contribution in [-0.4, -0.2) is 43.3 Å². The number of imidazole rings is 1. The lowest BCUT2D eigenvalue weighted by Gasteiger charge is -2.22. The van der Waals surface area contributed by atoms with E-state index in [0.717, 1.165) is 19.0 Å². The maximum atomic E-state index is 14.9. The molecule has 10 nitrogen and oxygen atoms in total. The number of carbonyl (C=O) groups excluding carboxylic acids is 1. The number of pyridine rings is 1. The van der Waals surface area contributed by atoms with Gasteiger partial charge in [-0.1, -0.05) is 0 Å². The number of hydrogen-bond donors (Lipinski definition) is 2.